The fourth-order valence-corrected chi connectivity index (χ4v) is 2.74. The van der Waals surface area contributed by atoms with Crippen LogP contribution in [0.1, 0.15) is 12.5 Å². The second-order valence-electron chi connectivity index (χ2n) is 5.29. The first kappa shape index (κ1) is 15.9. The van der Waals surface area contributed by atoms with Gasteiger partial charge in [0.05, 0.1) is 4.92 Å². The summed E-state index contributed by atoms with van der Waals surface area (Å²) in [6.07, 6.45) is 0. The largest absolute Gasteiger partial charge is 0.448 e. The van der Waals surface area contributed by atoms with Crippen molar-refractivity contribution in [2.24, 2.45) is 0 Å². The predicted molar refractivity (Wildman–Crippen MR) is 91.0 cm³/mol. The molecule has 8 heteroatoms. The van der Waals surface area contributed by atoms with E-state index in [1.165, 1.54) is 18.2 Å². The minimum Gasteiger partial charge on any atom is -0.448 e. The molecule has 1 aliphatic rings. The third-order valence-corrected chi connectivity index (χ3v) is 4.01. The van der Waals surface area contributed by atoms with Gasteiger partial charge in [-0.25, -0.2) is 0 Å². The number of carbonyl (C=O) groups is 1. The molecule has 1 heterocycles. The Labute approximate surface area is 143 Å². The van der Waals surface area contributed by atoms with Crippen LogP contribution >= 0.6 is 12.2 Å². The Morgan fingerprint density at radius 3 is 2.46 bits per heavy atom. The predicted octanol–water partition coefficient (Wildman–Crippen LogP) is 2.98. The van der Waals surface area contributed by atoms with Gasteiger partial charge in [0.25, 0.3) is 16.8 Å². The maximum Gasteiger partial charge on any atom is 0.297 e. The van der Waals surface area contributed by atoms with Gasteiger partial charge in [0.2, 0.25) is 5.60 Å². The summed E-state index contributed by atoms with van der Waals surface area (Å²) in [6.45, 7) is 1.61. The second kappa shape index (κ2) is 5.89. The van der Waals surface area contributed by atoms with Gasteiger partial charge in [-0.1, -0.05) is 42.5 Å². The fourth-order valence-electron chi connectivity index (χ4n) is 2.44. The highest BCUT2D eigenvalue weighted by Crippen LogP contribution is 2.35. The Kier molecular flexibility index (Phi) is 3.90. The van der Waals surface area contributed by atoms with Crippen LogP contribution < -0.4 is 5.43 Å². The van der Waals surface area contributed by atoms with Gasteiger partial charge >= 0.3 is 0 Å². The Morgan fingerprint density at radius 2 is 1.79 bits per heavy atom. The van der Waals surface area contributed by atoms with Crippen LogP contribution in [0.2, 0.25) is 0 Å². The van der Waals surface area contributed by atoms with Gasteiger partial charge in [-0.15, -0.1) is 0 Å². The van der Waals surface area contributed by atoms with Crippen molar-refractivity contribution in [1.29, 1.82) is 0 Å². The number of ether oxygens (including phenoxy) is 1. The maximum atomic E-state index is 12.8. The molecule has 0 aliphatic carbocycles. The van der Waals surface area contributed by atoms with Gasteiger partial charge < -0.3 is 4.74 Å². The summed E-state index contributed by atoms with van der Waals surface area (Å²) >= 11 is 5.13. The zero-order valence-electron chi connectivity index (χ0n) is 12.6. The van der Waals surface area contributed by atoms with E-state index >= 15 is 0 Å². The highest BCUT2D eigenvalue weighted by molar-refractivity contribution is 7.80. The zero-order valence-corrected chi connectivity index (χ0v) is 13.4. The molecule has 1 fully saturated rings. The van der Waals surface area contributed by atoms with Crippen LogP contribution in [0.25, 0.3) is 0 Å². The molecule has 2 aromatic rings. The molecule has 1 unspecified atom stereocenters. The fraction of sp³-hybridized carbons (Fsp3) is 0.125. The molecule has 1 amide bonds. The molecule has 0 saturated carbocycles. The normalized spacial score (nSPS) is 20.0. The van der Waals surface area contributed by atoms with E-state index < -0.39 is 16.4 Å². The molecule has 1 saturated heterocycles. The van der Waals surface area contributed by atoms with Crippen molar-refractivity contribution < 1.29 is 14.5 Å². The van der Waals surface area contributed by atoms with E-state index in [9.17, 15) is 14.9 Å². The molecular weight excluding hydrogens is 330 g/mol. The van der Waals surface area contributed by atoms with Gasteiger partial charge in [-0.2, -0.15) is 5.01 Å². The number of nitrogens with zero attached hydrogens (tertiary/aromatic N) is 2. The van der Waals surface area contributed by atoms with Gasteiger partial charge in [-0.05, 0) is 25.2 Å². The third-order valence-electron chi connectivity index (χ3n) is 3.74. The van der Waals surface area contributed by atoms with Crippen molar-refractivity contribution in [1.82, 2.24) is 5.01 Å². The average molecular weight is 343 g/mol. The number of benzene rings is 2. The number of hydrogen-bond acceptors (Lipinski definition) is 6. The van der Waals surface area contributed by atoms with Crippen LogP contribution in [0.15, 0.2) is 54.6 Å². The van der Waals surface area contributed by atoms with Crippen LogP contribution in [0, 0.1) is 10.1 Å². The highest BCUT2D eigenvalue weighted by atomic mass is 32.1. The Bertz CT molecular complexity index is 827. The van der Waals surface area contributed by atoms with Gasteiger partial charge in [0.15, 0.2) is 0 Å². The second-order valence-corrected chi connectivity index (χ2v) is 5.64. The van der Waals surface area contributed by atoms with Crippen LogP contribution in [-0.4, -0.2) is 21.0 Å². The molecule has 0 radical (unpaired) electrons. The maximum absolute atomic E-state index is 12.8. The number of para-hydroxylation sites is 2. The van der Waals surface area contributed by atoms with Crippen molar-refractivity contribution in [3.8, 4) is 0 Å². The lowest BCUT2D eigenvalue weighted by atomic mass is 9.95. The van der Waals surface area contributed by atoms with Crippen molar-refractivity contribution in [3.63, 3.8) is 0 Å². The quantitative estimate of drug-likeness (QED) is 0.522. The molecule has 1 aliphatic heterocycles. The van der Waals surface area contributed by atoms with Crippen LogP contribution in [0.4, 0.5) is 11.4 Å². The lowest BCUT2D eigenvalue weighted by Gasteiger charge is -2.20. The number of nitro benzene ring substituents is 1. The molecule has 1 N–H and O–H groups in total. The van der Waals surface area contributed by atoms with Crippen molar-refractivity contribution in [3.05, 3.63) is 70.3 Å². The standard InChI is InChI=1S/C16H13N3O4S/c1-16(11-7-3-2-4-8-11)14(20)18(15(24)23-16)17-12-9-5-6-10-13(12)19(21)22/h2-10,17H,1H3. The Balaban J connectivity index is 1.93. The van der Waals surface area contributed by atoms with Crippen LogP contribution in [0.3, 0.4) is 0 Å². The van der Waals surface area contributed by atoms with E-state index in [-0.39, 0.29) is 16.5 Å². The highest BCUT2D eigenvalue weighted by Gasteiger charge is 2.50. The molecule has 1 atom stereocenters. The summed E-state index contributed by atoms with van der Waals surface area (Å²) in [4.78, 5) is 23.4. The summed E-state index contributed by atoms with van der Waals surface area (Å²) in [5.74, 6) is -0.447. The molecule has 3 rings (SSSR count). The topological polar surface area (TPSA) is 84.7 Å². The number of thiocarbonyl (C=S) groups is 1. The SMILES string of the molecule is CC1(c2ccccc2)OC(=S)N(Nc2ccccc2[N+](=O)[O-])C1=O. The Hall–Kier alpha value is -3.00. The molecule has 122 valence electrons. The van der Waals surface area contributed by atoms with E-state index in [4.69, 9.17) is 17.0 Å². The van der Waals surface area contributed by atoms with Crippen LogP contribution in [-0.2, 0) is 15.1 Å². The summed E-state index contributed by atoms with van der Waals surface area (Å²) in [7, 11) is 0. The van der Waals surface area contributed by atoms with Crippen molar-refractivity contribution in [2.75, 3.05) is 5.43 Å². The lowest BCUT2D eigenvalue weighted by molar-refractivity contribution is -0.384. The molecule has 0 spiro atoms. The van der Waals surface area contributed by atoms with Crippen molar-refractivity contribution >= 4 is 34.7 Å². The van der Waals surface area contributed by atoms with Gasteiger partial charge in [0.1, 0.15) is 5.69 Å². The number of hydrogen-bond donors (Lipinski definition) is 1. The summed E-state index contributed by atoms with van der Waals surface area (Å²) in [5.41, 5.74) is 2.04. The minimum atomic E-state index is -1.28. The number of hydrazine groups is 1. The average Bonchev–Trinajstić information content (AvgIpc) is 2.80. The number of rotatable bonds is 4. The van der Waals surface area contributed by atoms with E-state index in [0.717, 1.165) is 5.01 Å². The smallest absolute Gasteiger partial charge is 0.297 e. The first-order valence-electron chi connectivity index (χ1n) is 7.06. The number of nitrogens with one attached hydrogen (secondary N) is 1. The van der Waals surface area contributed by atoms with Crippen molar-refractivity contribution in [2.45, 2.75) is 12.5 Å². The van der Waals surface area contributed by atoms with E-state index in [1.807, 2.05) is 6.07 Å². The Morgan fingerprint density at radius 1 is 1.17 bits per heavy atom. The molecule has 24 heavy (non-hydrogen) atoms. The summed E-state index contributed by atoms with van der Waals surface area (Å²) in [5, 5.41) is 12.0. The number of amides is 1. The summed E-state index contributed by atoms with van der Waals surface area (Å²) < 4.78 is 5.61. The first-order valence-corrected chi connectivity index (χ1v) is 7.47. The van der Waals surface area contributed by atoms with Crippen LogP contribution in [0.5, 0.6) is 0 Å². The molecule has 2 aromatic carbocycles. The zero-order chi connectivity index (χ0) is 17.3. The van der Waals surface area contributed by atoms with Gasteiger partial charge in [-0.3, -0.25) is 20.3 Å². The lowest BCUT2D eigenvalue weighted by Crippen LogP contribution is -2.40. The number of nitro groups is 1. The molecule has 0 aromatic heterocycles. The number of anilines is 1. The monoisotopic (exact) mass is 343 g/mol. The minimum absolute atomic E-state index is 0.0931. The van der Waals surface area contributed by atoms with E-state index in [0.29, 0.717) is 5.56 Å². The molecule has 7 nitrogen and oxygen atoms in total. The summed E-state index contributed by atoms with van der Waals surface area (Å²) in [6, 6.07) is 14.9. The first-order chi connectivity index (χ1) is 11.4. The number of carbonyl (C=O) groups excluding carboxylic acids is 1. The third kappa shape index (κ3) is 2.56. The van der Waals surface area contributed by atoms with Gasteiger partial charge in [0, 0.05) is 11.6 Å². The van der Waals surface area contributed by atoms with E-state index in [1.54, 1.807) is 37.3 Å². The van der Waals surface area contributed by atoms with E-state index in [2.05, 4.69) is 5.43 Å². The molecular formula is C16H13N3O4S. The molecule has 0 bridgehead atoms.